The third kappa shape index (κ3) is 4.76. The van der Waals surface area contributed by atoms with Gasteiger partial charge in [-0.3, -0.25) is 14.5 Å². The zero-order valence-corrected chi connectivity index (χ0v) is 22.0. The van der Waals surface area contributed by atoms with Crippen LogP contribution in [0.4, 0.5) is 5.13 Å². The van der Waals surface area contributed by atoms with Crippen molar-refractivity contribution >= 4 is 55.7 Å². The van der Waals surface area contributed by atoms with E-state index in [9.17, 15) is 14.7 Å². The molecule has 1 aliphatic heterocycles. The first kappa shape index (κ1) is 25.5. The fraction of sp³-hybridized carbons (Fsp3) is 0.138. The summed E-state index contributed by atoms with van der Waals surface area (Å²) in [5.74, 6) is -0.750. The Hall–Kier alpha value is -4.14. The first-order valence-electron chi connectivity index (χ1n) is 11.8. The zero-order valence-electron chi connectivity index (χ0n) is 20.4. The summed E-state index contributed by atoms with van der Waals surface area (Å²) in [6.07, 6.45) is 1.64. The van der Waals surface area contributed by atoms with Crippen molar-refractivity contribution in [3.05, 3.63) is 101 Å². The maximum absolute atomic E-state index is 13.5. The van der Waals surface area contributed by atoms with Gasteiger partial charge in [0.2, 0.25) is 0 Å². The number of aromatic nitrogens is 1. The van der Waals surface area contributed by atoms with Gasteiger partial charge in [0.05, 0.1) is 28.4 Å². The average Bonchev–Trinajstić information content (AvgIpc) is 3.45. The number of ketones is 1. The summed E-state index contributed by atoms with van der Waals surface area (Å²) in [4.78, 5) is 32.9. The molecule has 1 amide bonds. The molecule has 1 fully saturated rings. The van der Waals surface area contributed by atoms with E-state index in [0.29, 0.717) is 51.5 Å². The lowest BCUT2D eigenvalue weighted by atomic mass is 9.95. The van der Waals surface area contributed by atoms with Gasteiger partial charge in [0, 0.05) is 10.6 Å². The van der Waals surface area contributed by atoms with Crippen molar-refractivity contribution in [3.63, 3.8) is 0 Å². The van der Waals surface area contributed by atoms with Gasteiger partial charge in [-0.15, -0.1) is 0 Å². The van der Waals surface area contributed by atoms with Crippen molar-refractivity contribution < 1.29 is 24.2 Å². The first-order chi connectivity index (χ1) is 18.4. The highest BCUT2D eigenvalue weighted by Crippen LogP contribution is 2.45. The number of aliphatic hydroxyl groups is 1. The molecule has 4 aromatic rings. The van der Waals surface area contributed by atoms with E-state index >= 15 is 0 Å². The molecule has 0 radical (unpaired) electrons. The standard InChI is InChI=1S/C29H23ClN2O5S/c1-3-14-37-20-11-8-17(9-12-20)25-24(26(33)18-6-5-7-21(15-18)36-4-2)27(34)28(35)32(25)29-31-22-13-10-19(30)16-23(22)38-29/h3,5-13,15-16,25,33H,1,4,14H2,2H3. The Morgan fingerprint density at radius 3 is 2.63 bits per heavy atom. The zero-order chi connectivity index (χ0) is 26.8. The second-order valence-corrected chi connectivity index (χ2v) is 9.85. The molecule has 1 unspecified atom stereocenters. The van der Waals surface area contributed by atoms with Crippen LogP contribution >= 0.6 is 22.9 Å². The van der Waals surface area contributed by atoms with E-state index in [4.69, 9.17) is 21.1 Å². The third-order valence-electron chi connectivity index (χ3n) is 5.97. The Kier molecular flexibility index (Phi) is 7.18. The number of rotatable bonds is 8. The number of benzene rings is 3. The number of ether oxygens (including phenoxy) is 2. The van der Waals surface area contributed by atoms with E-state index < -0.39 is 17.7 Å². The molecule has 5 rings (SSSR count). The monoisotopic (exact) mass is 546 g/mol. The SMILES string of the molecule is C=CCOc1ccc(C2C(=C(O)c3cccc(OCC)c3)C(=O)C(=O)N2c2nc3ccc(Cl)cc3s2)cc1. The van der Waals surface area contributed by atoms with Gasteiger partial charge in [0.1, 0.15) is 23.9 Å². The van der Waals surface area contributed by atoms with E-state index in [1.807, 2.05) is 6.92 Å². The highest BCUT2D eigenvalue weighted by molar-refractivity contribution is 7.22. The number of fused-ring (bicyclic) bond motifs is 1. The van der Waals surface area contributed by atoms with Crippen molar-refractivity contribution in [2.45, 2.75) is 13.0 Å². The van der Waals surface area contributed by atoms with Crippen LogP contribution in [0.3, 0.4) is 0 Å². The molecule has 1 aliphatic rings. The van der Waals surface area contributed by atoms with Gasteiger partial charge in [-0.05, 0) is 55.0 Å². The Bertz CT molecular complexity index is 1580. The predicted molar refractivity (Wildman–Crippen MR) is 149 cm³/mol. The summed E-state index contributed by atoms with van der Waals surface area (Å²) < 4.78 is 11.9. The number of anilines is 1. The Balaban J connectivity index is 1.67. The topological polar surface area (TPSA) is 89.0 Å². The molecular formula is C29H23ClN2O5S. The number of hydrogen-bond donors (Lipinski definition) is 1. The molecule has 0 aliphatic carbocycles. The summed E-state index contributed by atoms with van der Waals surface area (Å²) in [5.41, 5.74) is 1.57. The number of thiazole rings is 1. The van der Waals surface area contributed by atoms with Crippen molar-refractivity contribution in [1.82, 2.24) is 4.98 Å². The van der Waals surface area contributed by atoms with Crippen LogP contribution in [0.5, 0.6) is 11.5 Å². The third-order valence-corrected chi connectivity index (χ3v) is 7.22. The second kappa shape index (κ2) is 10.7. The van der Waals surface area contributed by atoms with Crippen LogP contribution in [0, 0.1) is 0 Å². The van der Waals surface area contributed by atoms with Gasteiger partial charge >= 0.3 is 5.91 Å². The van der Waals surface area contributed by atoms with Crippen molar-refractivity contribution in [2.75, 3.05) is 18.1 Å². The lowest BCUT2D eigenvalue weighted by Gasteiger charge is -2.23. The maximum Gasteiger partial charge on any atom is 0.301 e. The minimum absolute atomic E-state index is 0.0410. The normalized spacial score (nSPS) is 16.7. The Morgan fingerprint density at radius 2 is 1.89 bits per heavy atom. The van der Waals surface area contributed by atoms with E-state index in [1.54, 1.807) is 72.8 Å². The predicted octanol–water partition coefficient (Wildman–Crippen LogP) is 6.54. The first-order valence-corrected chi connectivity index (χ1v) is 13.0. The van der Waals surface area contributed by atoms with E-state index in [0.717, 1.165) is 4.70 Å². The fourth-order valence-corrected chi connectivity index (χ4v) is 5.56. The lowest BCUT2D eigenvalue weighted by Crippen LogP contribution is -2.29. The molecule has 0 saturated carbocycles. The molecule has 192 valence electrons. The van der Waals surface area contributed by atoms with Crippen LogP contribution in [0.15, 0.2) is 85.0 Å². The van der Waals surface area contributed by atoms with Gasteiger partial charge < -0.3 is 14.6 Å². The summed E-state index contributed by atoms with van der Waals surface area (Å²) in [7, 11) is 0. The highest BCUT2D eigenvalue weighted by atomic mass is 35.5. The molecule has 38 heavy (non-hydrogen) atoms. The Morgan fingerprint density at radius 1 is 1.11 bits per heavy atom. The number of halogens is 1. The summed E-state index contributed by atoms with van der Waals surface area (Å²) in [5, 5.41) is 12.3. The summed E-state index contributed by atoms with van der Waals surface area (Å²) in [6, 6.07) is 18.1. The molecule has 3 aromatic carbocycles. The van der Waals surface area contributed by atoms with Gasteiger partial charge in [0.25, 0.3) is 5.78 Å². The van der Waals surface area contributed by atoms with Gasteiger partial charge in [0.15, 0.2) is 5.13 Å². The van der Waals surface area contributed by atoms with Gasteiger partial charge in [-0.2, -0.15) is 0 Å². The lowest BCUT2D eigenvalue weighted by molar-refractivity contribution is -0.132. The quantitative estimate of drug-likeness (QED) is 0.117. The molecule has 1 aromatic heterocycles. The van der Waals surface area contributed by atoms with Crippen LogP contribution in [0.1, 0.15) is 24.1 Å². The van der Waals surface area contributed by atoms with Crippen LogP contribution in [0.2, 0.25) is 5.02 Å². The van der Waals surface area contributed by atoms with Crippen molar-refractivity contribution in [1.29, 1.82) is 0 Å². The highest BCUT2D eigenvalue weighted by Gasteiger charge is 2.48. The number of carbonyl (C=O) groups excluding carboxylic acids is 2. The molecule has 2 heterocycles. The van der Waals surface area contributed by atoms with Crippen LogP contribution in [-0.4, -0.2) is 35.0 Å². The van der Waals surface area contributed by atoms with Gasteiger partial charge in [-0.25, -0.2) is 4.98 Å². The largest absolute Gasteiger partial charge is 0.507 e. The molecule has 1 atom stereocenters. The fourth-order valence-electron chi connectivity index (χ4n) is 4.29. The molecular weight excluding hydrogens is 524 g/mol. The van der Waals surface area contributed by atoms with Crippen molar-refractivity contribution in [2.24, 2.45) is 0 Å². The van der Waals surface area contributed by atoms with Crippen LogP contribution in [-0.2, 0) is 9.59 Å². The molecule has 9 heteroatoms. The summed E-state index contributed by atoms with van der Waals surface area (Å²) in [6.45, 7) is 6.28. The number of aliphatic hydroxyl groups excluding tert-OH is 1. The van der Waals surface area contributed by atoms with E-state index in [2.05, 4.69) is 11.6 Å². The Labute approximate surface area is 228 Å². The number of carbonyl (C=O) groups is 2. The maximum atomic E-state index is 13.5. The minimum Gasteiger partial charge on any atom is -0.507 e. The van der Waals surface area contributed by atoms with Crippen LogP contribution < -0.4 is 14.4 Å². The van der Waals surface area contributed by atoms with E-state index in [1.165, 1.54) is 16.2 Å². The number of Topliss-reactive ketones (excluding diaryl/α,β-unsaturated/α-hetero) is 1. The van der Waals surface area contributed by atoms with Crippen molar-refractivity contribution in [3.8, 4) is 11.5 Å². The van der Waals surface area contributed by atoms with E-state index in [-0.39, 0.29) is 11.3 Å². The number of hydrogen-bond acceptors (Lipinski definition) is 7. The van der Waals surface area contributed by atoms with Gasteiger partial charge in [-0.1, -0.05) is 59.9 Å². The smallest absolute Gasteiger partial charge is 0.301 e. The minimum atomic E-state index is -0.921. The second-order valence-electron chi connectivity index (χ2n) is 8.41. The molecule has 0 spiro atoms. The summed E-state index contributed by atoms with van der Waals surface area (Å²) >= 11 is 7.40. The molecule has 1 saturated heterocycles. The molecule has 1 N–H and O–H groups in total. The molecule has 7 nitrogen and oxygen atoms in total. The molecule has 0 bridgehead atoms. The average molecular weight is 547 g/mol. The number of amides is 1. The number of nitrogens with zero attached hydrogens (tertiary/aromatic N) is 2. The van der Waals surface area contributed by atoms with Crippen LogP contribution in [0.25, 0.3) is 16.0 Å².